The first-order valence-corrected chi connectivity index (χ1v) is 8.33. The van der Waals surface area contributed by atoms with Gasteiger partial charge in [-0.2, -0.15) is 0 Å². The summed E-state index contributed by atoms with van der Waals surface area (Å²) in [5, 5.41) is 2.89. The number of hydrogen-bond acceptors (Lipinski definition) is 2. The van der Waals surface area contributed by atoms with Gasteiger partial charge in [0.1, 0.15) is 0 Å². The molecule has 0 aliphatic carbocycles. The van der Waals surface area contributed by atoms with Gasteiger partial charge < -0.3 is 4.74 Å². The summed E-state index contributed by atoms with van der Waals surface area (Å²) in [5.41, 5.74) is 2.80. The maximum Gasteiger partial charge on any atom is 0.166 e. The summed E-state index contributed by atoms with van der Waals surface area (Å²) in [6.07, 6.45) is 1.83. The number of hydrogen-bond donors (Lipinski definition) is 0. The van der Waals surface area contributed by atoms with Crippen molar-refractivity contribution in [3.05, 3.63) is 28.6 Å². The van der Waals surface area contributed by atoms with Crippen LogP contribution in [-0.2, 0) is 6.42 Å². The van der Waals surface area contributed by atoms with Crippen molar-refractivity contribution < 1.29 is 9.13 Å². The Morgan fingerprint density at radius 1 is 1.56 bits per heavy atom. The third-order valence-corrected chi connectivity index (χ3v) is 3.50. The predicted molar refractivity (Wildman–Crippen MR) is 73.4 cm³/mol. The Kier molecular flexibility index (Phi) is 3.98. The Hall–Kier alpha value is -0.410. The van der Waals surface area contributed by atoms with E-state index in [1.54, 1.807) is 0 Å². The van der Waals surface area contributed by atoms with Gasteiger partial charge >= 0.3 is 0 Å². The molecule has 2 rings (SSSR count). The molecule has 16 heavy (non-hydrogen) atoms. The van der Waals surface area contributed by atoms with Gasteiger partial charge in [-0.15, -0.1) is 0 Å². The van der Waals surface area contributed by atoms with E-state index in [9.17, 15) is 4.39 Å². The zero-order valence-electron chi connectivity index (χ0n) is 8.77. The Bertz CT molecular complexity index is 476. The minimum absolute atomic E-state index is 0.289. The summed E-state index contributed by atoms with van der Waals surface area (Å²) in [6.45, 7) is 2.59. The highest BCUT2D eigenvalue weighted by Gasteiger charge is 2.19. The average molecular weight is 348 g/mol. The summed E-state index contributed by atoms with van der Waals surface area (Å²) in [5.74, 6) is 3.10. The van der Waals surface area contributed by atoms with Gasteiger partial charge in [-0.3, -0.25) is 0 Å². The predicted octanol–water partition coefficient (Wildman–Crippen LogP) is 3.85. The molecule has 1 aromatic carbocycles. The standard InChI is InChI=1S/C12H10FIOS/c1-8-9(4-6-16-14)7-11(13)12-10(8)3-2-5-15-12/h7H,2-3,5H2,1H3. The molecule has 0 unspecified atom stereocenters. The highest BCUT2D eigenvalue weighted by atomic mass is 127. The van der Waals surface area contributed by atoms with E-state index in [0.717, 1.165) is 29.5 Å². The molecule has 1 aromatic rings. The molecule has 0 fully saturated rings. The highest BCUT2D eigenvalue weighted by Crippen LogP contribution is 2.32. The van der Waals surface area contributed by atoms with Crippen molar-refractivity contribution >= 4 is 30.1 Å². The lowest BCUT2D eigenvalue weighted by molar-refractivity contribution is 0.272. The molecule has 0 aromatic heterocycles. The lowest BCUT2D eigenvalue weighted by Gasteiger charge is -2.20. The van der Waals surface area contributed by atoms with Gasteiger partial charge in [-0.1, -0.05) is 5.92 Å². The van der Waals surface area contributed by atoms with Crippen molar-refractivity contribution in [1.82, 2.24) is 0 Å². The Morgan fingerprint density at radius 3 is 3.12 bits per heavy atom. The zero-order chi connectivity index (χ0) is 11.5. The summed E-state index contributed by atoms with van der Waals surface area (Å²) < 4.78 is 19.1. The topological polar surface area (TPSA) is 9.23 Å². The van der Waals surface area contributed by atoms with Crippen LogP contribution in [-0.4, -0.2) is 6.61 Å². The largest absolute Gasteiger partial charge is 0.490 e. The minimum atomic E-state index is -0.289. The van der Waals surface area contributed by atoms with Crippen LogP contribution in [0.5, 0.6) is 5.75 Å². The van der Waals surface area contributed by atoms with E-state index < -0.39 is 0 Å². The van der Waals surface area contributed by atoms with E-state index >= 15 is 0 Å². The Balaban J connectivity index is 2.53. The van der Waals surface area contributed by atoms with Crippen molar-refractivity contribution in [2.45, 2.75) is 19.8 Å². The Morgan fingerprint density at radius 2 is 2.38 bits per heavy atom. The second-order valence-electron chi connectivity index (χ2n) is 3.59. The molecule has 0 bridgehead atoms. The molecule has 4 heteroatoms. The third kappa shape index (κ3) is 2.30. The molecule has 0 spiro atoms. The molecule has 0 radical (unpaired) electrons. The maximum absolute atomic E-state index is 13.7. The van der Waals surface area contributed by atoms with Crippen LogP contribution in [0.2, 0.25) is 0 Å². The van der Waals surface area contributed by atoms with Gasteiger partial charge in [-0.05, 0) is 45.6 Å². The molecule has 0 atom stereocenters. The first-order valence-electron chi connectivity index (χ1n) is 4.97. The highest BCUT2D eigenvalue weighted by molar-refractivity contribution is 14.2. The van der Waals surface area contributed by atoms with Crippen LogP contribution < -0.4 is 4.74 Å². The van der Waals surface area contributed by atoms with Crippen LogP contribution in [0.4, 0.5) is 4.39 Å². The molecule has 84 valence electrons. The van der Waals surface area contributed by atoms with E-state index in [0.29, 0.717) is 12.4 Å². The number of ether oxygens (including phenoxy) is 1. The fraction of sp³-hybridized carbons (Fsp3) is 0.333. The monoisotopic (exact) mass is 348 g/mol. The SMILES string of the molecule is Cc1c(C#CSI)cc(F)c2c1CCCO2. The van der Waals surface area contributed by atoms with Crippen LogP contribution in [0.15, 0.2) is 6.07 Å². The van der Waals surface area contributed by atoms with E-state index in [4.69, 9.17) is 4.74 Å². The quantitative estimate of drug-likeness (QED) is 0.520. The fourth-order valence-corrected chi connectivity index (χ4v) is 2.34. The van der Waals surface area contributed by atoms with Gasteiger partial charge in [0.2, 0.25) is 0 Å². The van der Waals surface area contributed by atoms with Gasteiger partial charge in [-0.25, -0.2) is 4.39 Å². The maximum atomic E-state index is 13.7. The molecule has 0 amide bonds. The first-order chi connectivity index (χ1) is 7.74. The number of fused-ring (bicyclic) bond motifs is 1. The number of benzene rings is 1. The van der Waals surface area contributed by atoms with Crippen LogP contribution in [0.1, 0.15) is 23.1 Å². The smallest absolute Gasteiger partial charge is 0.166 e. The van der Waals surface area contributed by atoms with Crippen LogP contribution in [0.3, 0.4) is 0 Å². The average Bonchev–Trinajstić information content (AvgIpc) is 2.32. The molecule has 1 aliphatic rings. The van der Waals surface area contributed by atoms with Gasteiger partial charge in [0.15, 0.2) is 11.6 Å². The molecule has 0 N–H and O–H groups in total. The molecule has 1 heterocycles. The third-order valence-electron chi connectivity index (χ3n) is 2.66. The fourth-order valence-electron chi connectivity index (χ4n) is 1.86. The summed E-state index contributed by atoms with van der Waals surface area (Å²) in [4.78, 5) is 0. The van der Waals surface area contributed by atoms with Gasteiger partial charge in [0, 0.05) is 32.3 Å². The van der Waals surface area contributed by atoms with Crippen molar-refractivity contribution in [2.24, 2.45) is 0 Å². The van der Waals surface area contributed by atoms with Gasteiger partial charge in [0.05, 0.1) is 6.61 Å². The summed E-state index contributed by atoms with van der Waals surface area (Å²) in [6, 6.07) is 1.47. The van der Waals surface area contributed by atoms with Crippen molar-refractivity contribution in [1.29, 1.82) is 0 Å². The van der Waals surface area contributed by atoms with Gasteiger partial charge in [0.25, 0.3) is 0 Å². The van der Waals surface area contributed by atoms with Crippen LogP contribution >= 0.6 is 30.1 Å². The van der Waals surface area contributed by atoms with E-state index in [1.165, 1.54) is 15.0 Å². The summed E-state index contributed by atoms with van der Waals surface area (Å²) in [7, 11) is 1.40. The molecule has 1 nitrogen and oxygen atoms in total. The molecule has 1 aliphatic heterocycles. The number of rotatable bonds is 0. The molecular weight excluding hydrogens is 338 g/mol. The first kappa shape index (κ1) is 12.1. The van der Waals surface area contributed by atoms with Crippen molar-refractivity contribution in [2.75, 3.05) is 6.61 Å². The van der Waals surface area contributed by atoms with Crippen LogP contribution in [0.25, 0.3) is 0 Å². The van der Waals surface area contributed by atoms with Crippen molar-refractivity contribution in [3.8, 4) is 16.9 Å². The van der Waals surface area contributed by atoms with E-state index in [1.807, 2.05) is 6.92 Å². The second kappa shape index (κ2) is 5.28. The molecule has 0 saturated heterocycles. The van der Waals surface area contributed by atoms with E-state index in [-0.39, 0.29) is 5.82 Å². The second-order valence-corrected chi connectivity index (χ2v) is 5.27. The van der Waals surface area contributed by atoms with E-state index in [2.05, 4.69) is 32.4 Å². The number of halogens is 2. The lowest BCUT2D eigenvalue weighted by Crippen LogP contribution is -2.12. The molecule has 0 saturated carbocycles. The lowest BCUT2D eigenvalue weighted by atomic mass is 9.96. The summed E-state index contributed by atoms with van der Waals surface area (Å²) >= 11 is 2.10. The zero-order valence-corrected chi connectivity index (χ0v) is 11.7. The normalized spacial score (nSPS) is 13.4. The minimum Gasteiger partial charge on any atom is -0.490 e. The molecular formula is C12H10FIOS. The van der Waals surface area contributed by atoms with Crippen molar-refractivity contribution in [3.63, 3.8) is 0 Å². The Labute approximate surface area is 111 Å². The van der Waals surface area contributed by atoms with Crippen LogP contribution in [0, 0.1) is 23.9 Å².